The largest absolute Gasteiger partial charge is 0.481 e. The monoisotopic (exact) mass is 243 g/mol. The van der Waals surface area contributed by atoms with Crippen LogP contribution in [0.2, 0.25) is 0 Å². The molecule has 0 unspecified atom stereocenters. The van der Waals surface area contributed by atoms with E-state index in [1.165, 1.54) is 0 Å². The number of carboxylic acid groups (broad SMARTS) is 1. The van der Waals surface area contributed by atoms with Crippen LogP contribution >= 0.6 is 0 Å². The van der Waals surface area contributed by atoms with Crippen molar-refractivity contribution >= 4 is 5.97 Å². The number of ether oxygens (including phenoxy) is 1. The predicted octanol–water partition coefficient (Wildman–Crippen LogP) is 1.85. The van der Waals surface area contributed by atoms with Gasteiger partial charge in [0.2, 0.25) is 0 Å². The van der Waals surface area contributed by atoms with Gasteiger partial charge in [-0.15, -0.1) is 0 Å². The van der Waals surface area contributed by atoms with E-state index < -0.39 is 11.4 Å². The Bertz CT molecular complexity index is 245. The highest BCUT2D eigenvalue weighted by molar-refractivity contribution is 5.74. The third-order valence-corrected chi connectivity index (χ3v) is 3.48. The fraction of sp³-hybridized carbons (Fsp3) is 0.923. The molecule has 0 atom stereocenters. The molecule has 1 aliphatic heterocycles. The third kappa shape index (κ3) is 4.64. The Morgan fingerprint density at radius 1 is 1.41 bits per heavy atom. The van der Waals surface area contributed by atoms with Gasteiger partial charge in [-0.1, -0.05) is 13.8 Å². The smallest absolute Gasteiger partial charge is 0.309 e. The zero-order chi connectivity index (χ0) is 12.9. The summed E-state index contributed by atoms with van der Waals surface area (Å²) in [5.41, 5.74) is -0.519. The van der Waals surface area contributed by atoms with Crippen molar-refractivity contribution < 1.29 is 14.6 Å². The molecule has 0 aromatic rings. The normalized spacial score (nSPS) is 20.7. The Balaban J connectivity index is 2.17. The molecule has 1 aliphatic rings. The van der Waals surface area contributed by atoms with Crippen molar-refractivity contribution in [2.75, 3.05) is 32.8 Å². The van der Waals surface area contributed by atoms with Gasteiger partial charge in [0.05, 0.1) is 12.0 Å². The van der Waals surface area contributed by atoms with E-state index in [0.717, 1.165) is 45.7 Å². The highest BCUT2D eigenvalue weighted by Gasteiger charge is 2.36. The van der Waals surface area contributed by atoms with Crippen LogP contribution < -0.4 is 0 Å². The fourth-order valence-corrected chi connectivity index (χ4v) is 2.00. The van der Waals surface area contributed by atoms with Crippen molar-refractivity contribution in [1.82, 2.24) is 4.90 Å². The molecule has 4 heteroatoms. The van der Waals surface area contributed by atoms with E-state index >= 15 is 0 Å². The van der Waals surface area contributed by atoms with Crippen LogP contribution in [0.4, 0.5) is 0 Å². The van der Waals surface area contributed by atoms with Gasteiger partial charge in [-0.2, -0.15) is 0 Å². The lowest BCUT2D eigenvalue weighted by molar-refractivity contribution is -0.150. The molecule has 1 heterocycles. The molecule has 1 fully saturated rings. The zero-order valence-electron chi connectivity index (χ0n) is 11.2. The van der Waals surface area contributed by atoms with Crippen LogP contribution in [0.15, 0.2) is 0 Å². The molecule has 1 N–H and O–H groups in total. The molecule has 0 saturated carbocycles. The highest BCUT2D eigenvalue weighted by atomic mass is 16.5. The second kappa shape index (κ2) is 6.36. The summed E-state index contributed by atoms with van der Waals surface area (Å²) in [6.45, 7) is 10.3. The minimum absolute atomic E-state index is 0.519. The first-order chi connectivity index (χ1) is 7.94. The van der Waals surface area contributed by atoms with E-state index in [1.54, 1.807) is 0 Å². The van der Waals surface area contributed by atoms with Crippen LogP contribution in [0.5, 0.6) is 0 Å². The average Bonchev–Trinajstić information content (AvgIpc) is 2.26. The van der Waals surface area contributed by atoms with Gasteiger partial charge in [-0.25, -0.2) is 0 Å². The van der Waals surface area contributed by atoms with Gasteiger partial charge in [0, 0.05) is 13.2 Å². The van der Waals surface area contributed by atoms with Crippen LogP contribution in [-0.2, 0) is 9.53 Å². The SMILES string of the molecule is CC(C)COCCN1CCC(C)(C(=O)O)CC1. The van der Waals surface area contributed by atoms with Crippen LogP contribution in [0, 0.1) is 11.3 Å². The second-order valence-electron chi connectivity index (χ2n) is 5.68. The van der Waals surface area contributed by atoms with E-state index in [1.807, 2.05) is 6.92 Å². The lowest BCUT2D eigenvalue weighted by atomic mass is 9.80. The minimum atomic E-state index is -0.659. The van der Waals surface area contributed by atoms with Crippen LogP contribution in [0.1, 0.15) is 33.6 Å². The molecule has 0 aliphatic carbocycles. The standard InChI is InChI=1S/C13H25NO3/c1-11(2)10-17-9-8-14-6-4-13(3,5-7-14)12(15)16/h11H,4-10H2,1-3H3,(H,15,16). The number of hydrogen-bond donors (Lipinski definition) is 1. The summed E-state index contributed by atoms with van der Waals surface area (Å²) in [5.74, 6) is -0.0835. The van der Waals surface area contributed by atoms with Gasteiger partial charge >= 0.3 is 5.97 Å². The number of likely N-dealkylation sites (tertiary alicyclic amines) is 1. The summed E-state index contributed by atoms with van der Waals surface area (Å²) < 4.78 is 5.54. The quantitative estimate of drug-likeness (QED) is 0.723. The molecule has 0 aromatic heterocycles. The lowest BCUT2D eigenvalue weighted by Gasteiger charge is -2.36. The van der Waals surface area contributed by atoms with Gasteiger partial charge in [0.15, 0.2) is 0 Å². The molecule has 1 saturated heterocycles. The summed E-state index contributed by atoms with van der Waals surface area (Å²) in [7, 11) is 0. The maximum Gasteiger partial charge on any atom is 0.309 e. The molecule has 1 rings (SSSR count). The van der Waals surface area contributed by atoms with Gasteiger partial charge in [0.1, 0.15) is 0 Å². The number of carboxylic acids is 1. The number of nitrogens with zero attached hydrogens (tertiary/aromatic N) is 1. The summed E-state index contributed by atoms with van der Waals surface area (Å²) in [6.07, 6.45) is 1.49. The number of rotatable bonds is 6. The number of aliphatic carboxylic acids is 1. The first-order valence-corrected chi connectivity index (χ1v) is 6.47. The Labute approximate surface area is 104 Å². The van der Waals surface area contributed by atoms with Crippen molar-refractivity contribution in [2.24, 2.45) is 11.3 Å². The number of piperidine rings is 1. The van der Waals surface area contributed by atoms with E-state index in [9.17, 15) is 4.79 Å². The fourth-order valence-electron chi connectivity index (χ4n) is 2.00. The third-order valence-electron chi connectivity index (χ3n) is 3.48. The highest BCUT2D eigenvalue weighted by Crippen LogP contribution is 2.30. The van der Waals surface area contributed by atoms with Gasteiger partial charge in [-0.05, 0) is 38.8 Å². The molecule has 0 bridgehead atoms. The summed E-state index contributed by atoms with van der Waals surface area (Å²) in [6, 6.07) is 0. The molecule has 0 aromatic carbocycles. The molecule has 0 amide bonds. The molecule has 0 radical (unpaired) electrons. The van der Waals surface area contributed by atoms with E-state index in [-0.39, 0.29) is 0 Å². The molecular formula is C13H25NO3. The molecule has 100 valence electrons. The maximum atomic E-state index is 11.1. The topological polar surface area (TPSA) is 49.8 Å². The maximum absolute atomic E-state index is 11.1. The molecule has 4 nitrogen and oxygen atoms in total. The minimum Gasteiger partial charge on any atom is -0.481 e. The van der Waals surface area contributed by atoms with E-state index in [0.29, 0.717) is 5.92 Å². The average molecular weight is 243 g/mol. The Hall–Kier alpha value is -0.610. The molecular weight excluding hydrogens is 218 g/mol. The summed E-state index contributed by atoms with van der Waals surface area (Å²) in [5, 5.41) is 9.12. The van der Waals surface area contributed by atoms with Crippen molar-refractivity contribution in [1.29, 1.82) is 0 Å². The zero-order valence-corrected chi connectivity index (χ0v) is 11.2. The predicted molar refractivity (Wildman–Crippen MR) is 67.1 cm³/mol. The van der Waals surface area contributed by atoms with Crippen LogP contribution in [-0.4, -0.2) is 48.8 Å². The lowest BCUT2D eigenvalue weighted by Crippen LogP contribution is -2.43. The summed E-state index contributed by atoms with van der Waals surface area (Å²) in [4.78, 5) is 13.4. The Morgan fingerprint density at radius 3 is 2.47 bits per heavy atom. The van der Waals surface area contributed by atoms with Crippen molar-refractivity contribution in [2.45, 2.75) is 33.6 Å². The van der Waals surface area contributed by atoms with E-state index in [2.05, 4.69) is 18.7 Å². The van der Waals surface area contributed by atoms with Crippen molar-refractivity contribution in [3.63, 3.8) is 0 Å². The molecule has 0 spiro atoms. The Kier molecular flexibility index (Phi) is 5.40. The van der Waals surface area contributed by atoms with Crippen LogP contribution in [0.25, 0.3) is 0 Å². The second-order valence-corrected chi connectivity index (χ2v) is 5.68. The van der Waals surface area contributed by atoms with Crippen molar-refractivity contribution in [3.8, 4) is 0 Å². The molecule has 17 heavy (non-hydrogen) atoms. The van der Waals surface area contributed by atoms with Crippen LogP contribution in [0.3, 0.4) is 0 Å². The van der Waals surface area contributed by atoms with Gasteiger partial charge < -0.3 is 14.7 Å². The van der Waals surface area contributed by atoms with Gasteiger partial charge in [0.25, 0.3) is 0 Å². The Morgan fingerprint density at radius 2 is 2.00 bits per heavy atom. The van der Waals surface area contributed by atoms with Gasteiger partial charge in [-0.3, -0.25) is 4.79 Å². The summed E-state index contributed by atoms with van der Waals surface area (Å²) >= 11 is 0. The van der Waals surface area contributed by atoms with E-state index in [4.69, 9.17) is 9.84 Å². The number of hydrogen-bond acceptors (Lipinski definition) is 3. The van der Waals surface area contributed by atoms with Crippen molar-refractivity contribution in [3.05, 3.63) is 0 Å². The first kappa shape index (κ1) is 14.5. The first-order valence-electron chi connectivity index (χ1n) is 6.47. The number of carbonyl (C=O) groups is 1.